The maximum atomic E-state index is 5.57. The molecule has 0 fully saturated rings. The molecule has 1 aliphatic carbocycles. The monoisotopic (exact) mass is 778 g/mol. The van der Waals surface area contributed by atoms with Crippen LogP contribution in [0.25, 0.3) is 110 Å². The Labute approximate surface area is 352 Å². The van der Waals surface area contributed by atoms with Gasteiger partial charge in [-0.25, -0.2) is 9.97 Å². The Morgan fingerprint density at radius 3 is 1.13 bits per heavy atom. The number of rotatable bonds is 4. The zero-order chi connectivity index (χ0) is 40.4. The number of hydrogen-bond donors (Lipinski definition) is 0. The minimum atomic E-state index is -0.295. The van der Waals surface area contributed by atoms with Gasteiger partial charge in [0.15, 0.2) is 0 Å². The quantitative estimate of drug-likeness (QED) is 0.167. The number of imidazole rings is 2. The summed E-state index contributed by atoms with van der Waals surface area (Å²) in [7, 11) is 0. The van der Waals surface area contributed by atoms with Crippen molar-refractivity contribution >= 4 is 65.2 Å². The van der Waals surface area contributed by atoms with Gasteiger partial charge >= 0.3 is 0 Å². The molecule has 2 heterocycles. The minimum absolute atomic E-state index is 0.295. The fourth-order valence-corrected chi connectivity index (χ4v) is 10.4. The number of nitrogens with zero attached hydrogens (tertiary/aromatic N) is 4. The van der Waals surface area contributed by atoms with Crippen LogP contribution in [0.2, 0.25) is 0 Å². The van der Waals surface area contributed by atoms with E-state index in [0.29, 0.717) is 0 Å². The highest BCUT2D eigenvalue weighted by molar-refractivity contribution is 6.15. The summed E-state index contributed by atoms with van der Waals surface area (Å²) in [5, 5.41) is 9.76. The van der Waals surface area contributed by atoms with E-state index in [1.165, 1.54) is 65.3 Å². The fraction of sp³-hybridized carbons (Fsp3) is 0.0526. The predicted molar refractivity (Wildman–Crippen MR) is 254 cm³/mol. The second-order valence-corrected chi connectivity index (χ2v) is 17.0. The molecule has 4 nitrogen and oxygen atoms in total. The lowest BCUT2D eigenvalue weighted by Crippen LogP contribution is -2.15. The van der Waals surface area contributed by atoms with Crippen LogP contribution in [0, 0.1) is 0 Å². The molecule has 0 bridgehead atoms. The van der Waals surface area contributed by atoms with Crippen LogP contribution < -0.4 is 0 Å². The highest BCUT2D eigenvalue weighted by Crippen LogP contribution is 2.52. The molecule has 4 heteroatoms. The number of hydrogen-bond acceptors (Lipinski definition) is 2. The topological polar surface area (TPSA) is 35.6 Å². The lowest BCUT2D eigenvalue weighted by Gasteiger charge is -2.22. The van der Waals surface area contributed by atoms with Crippen LogP contribution in [-0.4, -0.2) is 19.1 Å². The van der Waals surface area contributed by atoms with Gasteiger partial charge in [-0.15, -0.1) is 0 Å². The molecule has 0 atom stereocenters. The second kappa shape index (κ2) is 12.6. The molecular formula is C57H38N4. The molecule has 0 radical (unpaired) electrons. The van der Waals surface area contributed by atoms with E-state index in [2.05, 4.69) is 217 Å². The molecular weight excluding hydrogens is 741 g/mol. The van der Waals surface area contributed by atoms with E-state index in [4.69, 9.17) is 9.97 Å². The van der Waals surface area contributed by atoms with Crippen molar-refractivity contribution < 1.29 is 0 Å². The number of para-hydroxylation sites is 2. The zero-order valence-corrected chi connectivity index (χ0v) is 33.8. The number of benzene rings is 10. The van der Waals surface area contributed by atoms with E-state index in [0.717, 1.165) is 56.2 Å². The Morgan fingerprint density at radius 1 is 0.344 bits per heavy atom. The maximum Gasteiger partial charge on any atom is 0.146 e. The summed E-state index contributed by atoms with van der Waals surface area (Å²) in [5.74, 6) is 1.88. The van der Waals surface area contributed by atoms with Gasteiger partial charge in [0.2, 0.25) is 0 Å². The van der Waals surface area contributed by atoms with Crippen LogP contribution in [0.15, 0.2) is 194 Å². The first-order valence-electron chi connectivity index (χ1n) is 21.1. The lowest BCUT2D eigenvalue weighted by atomic mass is 9.82. The molecule has 0 unspecified atom stereocenters. The van der Waals surface area contributed by atoms with Crippen molar-refractivity contribution in [3.05, 3.63) is 205 Å². The molecule has 1 aliphatic rings. The van der Waals surface area contributed by atoms with Gasteiger partial charge in [0, 0.05) is 27.9 Å². The summed E-state index contributed by atoms with van der Waals surface area (Å²) in [5.41, 5.74) is 13.3. The Balaban J connectivity index is 1.07. The van der Waals surface area contributed by atoms with Gasteiger partial charge in [0.1, 0.15) is 11.6 Å². The third-order valence-electron chi connectivity index (χ3n) is 13.3. The van der Waals surface area contributed by atoms with Gasteiger partial charge in [-0.1, -0.05) is 147 Å². The van der Waals surface area contributed by atoms with Crippen molar-refractivity contribution in [2.24, 2.45) is 0 Å². The molecule has 2 aromatic heterocycles. The fourth-order valence-electron chi connectivity index (χ4n) is 10.4. The maximum absolute atomic E-state index is 5.57. The summed E-state index contributed by atoms with van der Waals surface area (Å²) in [6.07, 6.45) is 0. The van der Waals surface area contributed by atoms with Crippen LogP contribution in [0.1, 0.15) is 25.0 Å². The van der Waals surface area contributed by atoms with E-state index >= 15 is 0 Å². The van der Waals surface area contributed by atoms with Gasteiger partial charge in [-0.05, 0) is 126 Å². The van der Waals surface area contributed by atoms with Gasteiger partial charge in [-0.3, -0.25) is 9.13 Å². The van der Waals surface area contributed by atoms with Crippen molar-refractivity contribution in [1.29, 1.82) is 0 Å². The highest BCUT2D eigenvalue weighted by atomic mass is 15.1. The molecule has 286 valence electrons. The molecule has 0 saturated carbocycles. The lowest BCUT2D eigenvalue weighted by molar-refractivity contribution is 0.661. The molecule has 61 heavy (non-hydrogen) atoms. The Kier molecular flexibility index (Phi) is 7.04. The molecule has 0 spiro atoms. The summed E-state index contributed by atoms with van der Waals surface area (Å²) < 4.78 is 4.74. The van der Waals surface area contributed by atoms with Crippen molar-refractivity contribution in [2.75, 3.05) is 0 Å². The summed E-state index contributed by atoms with van der Waals surface area (Å²) in [4.78, 5) is 11.1. The van der Waals surface area contributed by atoms with E-state index in [1.807, 2.05) is 0 Å². The average Bonchev–Trinajstić information content (AvgIpc) is 3.95. The van der Waals surface area contributed by atoms with Crippen LogP contribution in [0.5, 0.6) is 0 Å². The third-order valence-corrected chi connectivity index (χ3v) is 13.3. The second-order valence-electron chi connectivity index (χ2n) is 17.0. The average molecular weight is 779 g/mol. The van der Waals surface area contributed by atoms with E-state index in [-0.39, 0.29) is 5.41 Å². The highest BCUT2D eigenvalue weighted by Gasteiger charge is 2.38. The standard InChI is InChI=1S/C57H38N4/c1-57(2)49-33-53-51(58-55(60(53)37-19-5-3-6-20-37)47-29-35-17-9-11-23-39(35)41-25-13-15-27-43(41)47)31-45(49)46-32-52-54(34-50(46)57)61(38-21-7-4-8-22-38)56(59-52)48-30-36-18-10-12-24-40(36)42-26-14-16-28-44(42)48/h3-34H,1-2H3. The smallest absolute Gasteiger partial charge is 0.146 e. The van der Waals surface area contributed by atoms with Crippen LogP contribution >= 0.6 is 0 Å². The van der Waals surface area contributed by atoms with E-state index < -0.39 is 0 Å². The first-order valence-corrected chi connectivity index (χ1v) is 21.1. The van der Waals surface area contributed by atoms with Crippen molar-refractivity contribution in [3.63, 3.8) is 0 Å². The molecule has 0 amide bonds. The van der Waals surface area contributed by atoms with Gasteiger partial charge in [0.05, 0.1) is 22.1 Å². The van der Waals surface area contributed by atoms with Gasteiger partial charge < -0.3 is 0 Å². The molecule has 0 aliphatic heterocycles. The third kappa shape index (κ3) is 4.87. The molecule has 12 aromatic rings. The van der Waals surface area contributed by atoms with Crippen LogP contribution in [-0.2, 0) is 5.41 Å². The normalized spacial score (nSPS) is 13.2. The summed E-state index contributed by atoms with van der Waals surface area (Å²) in [6.45, 7) is 4.74. The van der Waals surface area contributed by atoms with Crippen molar-refractivity contribution in [3.8, 4) is 45.3 Å². The molecule has 0 saturated heterocycles. The van der Waals surface area contributed by atoms with E-state index in [1.54, 1.807) is 0 Å². The van der Waals surface area contributed by atoms with Crippen LogP contribution in [0.4, 0.5) is 0 Å². The summed E-state index contributed by atoms with van der Waals surface area (Å²) in [6, 6.07) is 70.4. The van der Waals surface area contributed by atoms with Crippen molar-refractivity contribution in [1.82, 2.24) is 19.1 Å². The molecule has 10 aromatic carbocycles. The SMILES string of the molecule is CC1(C)c2cc3c(cc2-c2cc4nc(-c5cc6ccccc6c6ccccc56)n(-c5ccccc5)c4cc21)nc(-c1cc2ccccc2c2ccccc12)n3-c1ccccc1. The first-order chi connectivity index (χ1) is 30.0. The molecule has 0 N–H and O–H groups in total. The first kappa shape index (κ1) is 34.1. The van der Waals surface area contributed by atoms with Gasteiger partial charge in [0.25, 0.3) is 0 Å². The number of aromatic nitrogens is 4. The Morgan fingerprint density at radius 2 is 0.705 bits per heavy atom. The Bertz CT molecular complexity index is 3530. The van der Waals surface area contributed by atoms with Crippen LogP contribution in [0.3, 0.4) is 0 Å². The minimum Gasteiger partial charge on any atom is -0.292 e. The van der Waals surface area contributed by atoms with E-state index in [9.17, 15) is 0 Å². The number of fused-ring (bicyclic) bond motifs is 11. The van der Waals surface area contributed by atoms with Gasteiger partial charge in [-0.2, -0.15) is 0 Å². The van der Waals surface area contributed by atoms with Crippen molar-refractivity contribution in [2.45, 2.75) is 19.3 Å². The predicted octanol–water partition coefficient (Wildman–Crippen LogP) is 14.6. The Hall–Kier alpha value is -7.82. The molecule has 13 rings (SSSR count). The largest absolute Gasteiger partial charge is 0.292 e. The zero-order valence-electron chi connectivity index (χ0n) is 33.8. The summed E-state index contributed by atoms with van der Waals surface area (Å²) >= 11 is 0.